The van der Waals surface area contributed by atoms with Crippen molar-refractivity contribution in [2.24, 2.45) is 14.1 Å². The summed E-state index contributed by atoms with van der Waals surface area (Å²) in [6, 6.07) is 7.87. The number of anilines is 1. The summed E-state index contributed by atoms with van der Waals surface area (Å²) >= 11 is 0. The molecule has 8 nitrogen and oxygen atoms in total. The lowest BCUT2D eigenvalue weighted by Crippen LogP contribution is -2.43. The van der Waals surface area contributed by atoms with Crippen molar-refractivity contribution in [2.45, 2.75) is 18.9 Å². The lowest BCUT2D eigenvalue weighted by Gasteiger charge is -2.24. The maximum absolute atomic E-state index is 12.9. The van der Waals surface area contributed by atoms with E-state index < -0.39 is 11.2 Å². The van der Waals surface area contributed by atoms with Crippen molar-refractivity contribution in [1.82, 2.24) is 14.0 Å². The Kier molecular flexibility index (Phi) is 5.18. The average molecular weight is 372 g/mol. The normalized spacial score (nSPS) is 17.2. The Balaban J connectivity index is 1.87. The Labute approximate surface area is 156 Å². The number of ether oxygens (including phenoxy) is 1. The Morgan fingerprint density at radius 3 is 2.48 bits per heavy atom. The molecule has 0 saturated carbocycles. The van der Waals surface area contributed by atoms with Crippen LogP contribution in [0.5, 0.6) is 5.75 Å². The molecule has 1 aromatic heterocycles. The number of likely N-dealkylation sites (tertiary alicyclic amines) is 1. The minimum absolute atomic E-state index is 0.0777. The number of hydrogen-bond donors (Lipinski definition) is 1. The molecule has 0 bridgehead atoms. The molecule has 1 saturated heterocycles. The Bertz CT molecular complexity index is 975. The van der Waals surface area contributed by atoms with Crippen molar-refractivity contribution in [3.63, 3.8) is 0 Å². The van der Waals surface area contributed by atoms with Crippen molar-refractivity contribution in [3.8, 4) is 5.75 Å². The lowest BCUT2D eigenvalue weighted by atomic mass is 10.0. The van der Waals surface area contributed by atoms with Crippen LogP contribution in [0.3, 0.4) is 0 Å². The minimum Gasteiger partial charge on any atom is -0.497 e. The first kappa shape index (κ1) is 18.9. The molecule has 1 fully saturated rings. The monoisotopic (exact) mass is 372 g/mol. The summed E-state index contributed by atoms with van der Waals surface area (Å²) in [5.74, 6) is 0.318. The van der Waals surface area contributed by atoms with Gasteiger partial charge in [0.1, 0.15) is 17.1 Å². The van der Waals surface area contributed by atoms with Crippen molar-refractivity contribution < 1.29 is 9.53 Å². The summed E-state index contributed by atoms with van der Waals surface area (Å²) in [5, 5.41) is 0. The average Bonchev–Trinajstić information content (AvgIpc) is 3.13. The third-order valence-electron chi connectivity index (χ3n) is 5.20. The van der Waals surface area contributed by atoms with E-state index in [0.29, 0.717) is 0 Å². The summed E-state index contributed by atoms with van der Waals surface area (Å²) in [6.45, 7) is 0.836. The third-order valence-corrected chi connectivity index (χ3v) is 5.20. The molecule has 144 valence electrons. The quantitative estimate of drug-likeness (QED) is 0.776. The highest BCUT2D eigenvalue weighted by atomic mass is 16.5. The summed E-state index contributed by atoms with van der Waals surface area (Å²) in [6.07, 6.45) is 1.89. The van der Waals surface area contributed by atoms with Crippen LogP contribution in [0.2, 0.25) is 0 Å². The van der Waals surface area contributed by atoms with Crippen LogP contribution in [0.15, 0.2) is 33.9 Å². The van der Waals surface area contributed by atoms with Gasteiger partial charge >= 0.3 is 5.69 Å². The number of rotatable bonds is 5. The number of hydrogen-bond acceptors (Lipinski definition) is 6. The van der Waals surface area contributed by atoms with Gasteiger partial charge in [-0.15, -0.1) is 0 Å². The molecule has 0 spiro atoms. The second-order valence-electron chi connectivity index (χ2n) is 6.79. The molecule has 2 N–H and O–H groups in total. The van der Waals surface area contributed by atoms with Crippen LogP contribution in [-0.2, 0) is 14.1 Å². The number of Topliss-reactive ketones (excluding diaryl/α,β-unsaturated/α-hetero) is 1. The molecule has 3 rings (SSSR count). The molecule has 0 aliphatic carbocycles. The van der Waals surface area contributed by atoms with Crippen molar-refractivity contribution >= 4 is 11.6 Å². The number of nitrogen functional groups attached to an aromatic ring is 1. The highest BCUT2D eigenvalue weighted by molar-refractivity contribution is 6.01. The predicted octanol–water partition coefficient (Wildman–Crippen LogP) is 0.695. The Hall–Kier alpha value is -2.87. The molecular formula is C19H24N4O4. The van der Waals surface area contributed by atoms with Gasteiger partial charge in [0.15, 0.2) is 5.78 Å². The van der Waals surface area contributed by atoms with E-state index in [2.05, 4.69) is 0 Å². The number of nitrogens with zero attached hydrogens (tertiary/aromatic N) is 3. The van der Waals surface area contributed by atoms with Crippen molar-refractivity contribution in [2.75, 3.05) is 25.9 Å². The number of methoxy groups -OCH3 is 1. The van der Waals surface area contributed by atoms with E-state index in [1.807, 2.05) is 29.2 Å². The fraction of sp³-hybridized carbons (Fsp3) is 0.421. The number of ketones is 1. The van der Waals surface area contributed by atoms with Gasteiger partial charge in [0.05, 0.1) is 13.7 Å². The Morgan fingerprint density at radius 1 is 1.19 bits per heavy atom. The molecule has 2 heterocycles. The molecular weight excluding hydrogens is 348 g/mol. The van der Waals surface area contributed by atoms with Crippen LogP contribution < -0.4 is 21.7 Å². The molecule has 1 aliphatic rings. The Morgan fingerprint density at radius 2 is 1.85 bits per heavy atom. The fourth-order valence-electron chi connectivity index (χ4n) is 3.60. The van der Waals surface area contributed by atoms with Gasteiger partial charge in [0.25, 0.3) is 5.56 Å². The highest BCUT2D eigenvalue weighted by Crippen LogP contribution is 2.32. The van der Waals surface area contributed by atoms with Gasteiger partial charge in [0, 0.05) is 20.1 Å². The second kappa shape index (κ2) is 7.40. The van der Waals surface area contributed by atoms with Crippen molar-refractivity contribution in [1.29, 1.82) is 0 Å². The van der Waals surface area contributed by atoms with Crippen LogP contribution in [-0.4, -0.2) is 40.0 Å². The van der Waals surface area contributed by atoms with E-state index in [9.17, 15) is 14.4 Å². The molecule has 27 heavy (non-hydrogen) atoms. The summed E-state index contributed by atoms with van der Waals surface area (Å²) in [5.41, 5.74) is 5.68. The SMILES string of the molecule is COc1ccc([C@@H]2CCCN2CC(=O)c2c(N)n(C)c(=O)n(C)c2=O)cc1. The summed E-state index contributed by atoms with van der Waals surface area (Å²) in [7, 11) is 4.41. The van der Waals surface area contributed by atoms with Gasteiger partial charge in [-0.3, -0.25) is 23.6 Å². The minimum atomic E-state index is -0.652. The summed E-state index contributed by atoms with van der Waals surface area (Å²) in [4.78, 5) is 39.3. The lowest BCUT2D eigenvalue weighted by molar-refractivity contribution is 0.0919. The van der Waals surface area contributed by atoms with E-state index in [4.69, 9.17) is 10.5 Å². The smallest absolute Gasteiger partial charge is 0.332 e. The van der Waals surface area contributed by atoms with E-state index in [0.717, 1.165) is 39.8 Å². The van der Waals surface area contributed by atoms with Crippen LogP contribution in [0.25, 0.3) is 0 Å². The van der Waals surface area contributed by atoms with E-state index >= 15 is 0 Å². The van der Waals surface area contributed by atoms with Gasteiger partial charge in [0.2, 0.25) is 0 Å². The maximum atomic E-state index is 12.9. The van der Waals surface area contributed by atoms with Crippen LogP contribution in [0.1, 0.15) is 34.8 Å². The third kappa shape index (κ3) is 3.40. The van der Waals surface area contributed by atoms with E-state index in [1.54, 1.807) is 7.11 Å². The highest BCUT2D eigenvalue weighted by Gasteiger charge is 2.30. The first-order chi connectivity index (χ1) is 12.8. The second-order valence-corrected chi connectivity index (χ2v) is 6.79. The number of carbonyl (C=O) groups excluding carboxylic acids is 1. The van der Waals surface area contributed by atoms with E-state index in [1.165, 1.54) is 14.1 Å². The van der Waals surface area contributed by atoms with Crippen molar-refractivity contribution in [3.05, 3.63) is 56.2 Å². The molecule has 0 unspecified atom stereocenters. The first-order valence-corrected chi connectivity index (χ1v) is 8.81. The number of benzene rings is 1. The molecule has 1 aromatic carbocycles. The zero-order valence-corrected chi connectivity index (χ0v) is 15.8. The standard InChI is InChI=1S/C19H24N4O4/c1-21-17(20)16(18(25)22(2)19(21)26)15(24)11-23-10-4-5-14(23)12-6-8-13(27-3)9-7-12/h6-9,14H,4-5,10-11,20H2,1-3H3/t14-/m0/s1. The molecule has 1 atom stereocenters. The van der Waals surface area contributed by atoms with Crippen LogP contribution in [0.4, 0.5) is 5.82 Å². The van der Waals surface area contributed by atoms with Gasteiger partial charge in [-0.05, 0) is 37.1 Å². The van der Waals surface area contributed by atoms with Crippen LogP contribution >= 0.6 is 0 Å². The maximum Gasteiger partial charge on any atom is 0.332 e. The molecule has 8 heteroatoms. The van der Waals surface area contributed by atoms with E-state index in [-0.39, 0.29) is 29.8 Å². The molecule has 2 aromatic rings. The number of aromatic nitrogens is 2. The van der Waals surface area contributed by atoms with Gasteiger partial charge in [-0.25, -0.2) is 4.79 Å². The van der Waals surface area contributed by atoms with Gasteiger partial charge in [-0.2, -0.15) is 0 Å². The molecule has 1 aliphatic heterocycles. The van der Waals surface area contributed by atoms with Crippen LogP contribution in [0, 0.1) is 0 Å². The topological polar surface area (TPSA) is 99.6 Å². The number of carbonyl (C=O) groups is 1. The zero-order chi connectivity index (χ0) is 19.7. The molecule has 0 radical (unpaired) electrons. The zero-order valence-electron chi connectivity index (χ0n) is 15.8. The fourth-order valence-corrected chi connectivity index (χ4v) is 3.60. The molecule has 0 amide bonds. The first-order valence-electron chi connectivity index (χ1n) is 8.81. The van der Waals surface area contributed by atoms with Gasteiger partial charge in [-0.1, -0.05) is 12.1 Å². The largest absolute Gasteiger partial charge is 0.497 e. The number of nitrogens with two attached hydrogens (primary N) is 1. The predicted molar refractivity (Wildman–Crippen MR) is 102 cm³/mol. The summed E-state index contributed by atoms with van der Waals surface area (Å²) < 4.78 is 7.23. The van der Waals surface area contributed by atoms with Gasteiger partial charge < -0.3 is 10.5 Å².